The molecule has 5 nitrogen and oxygen atoms in total. The first-order valence-corrected chi connectivity index (χ1v) is 7.34. The van der Waals surface area contributed by atoms with Gasteiger partial charge in [-0.3, -0.25) is 0 Å². The van der Waals surface area contributed by atoms with E-state index in [1.54, 1.807) is 31.6 Å². The van der Waals surface area contributed by atoms with Gasteiger partial charge in [-0.2, -0.15) is 0 Å². The highest BCUT2D eigenvalue weighted by molar-refractivity contribution is 7.89. The molecule has 0 saturated carbocycles. The van der Waals surface area contributed by atoms with Gasteiger partial charge in [0, 0.05) is 11.3 Å². The van der Waals surface area contributed by atoms with Crippen LogP contribution in [0.2, 0.25) is 0 Å². The van der Waals surface area contributed by atoms with Crippen LogP contribution in [0.5, 0.6) is 0 Å². The van der Waals surface area contributed by atoms with Gasteiger partial charge in [-0.1, -0.05) is 6.07 Å². The van der Waals surface area contributed by atoms with Crippen LogP contribution >= 0.6 is 0 Å². The molecule has 0 spiro atoms. The largest absolute Gasteiger partial charge is 0.472 e. The number of hydrogen-bond donors (Lipinski definition) is 2. The number of anilines is 1. The van der Waals surface area contributed by atoms with Gasteiger partial charge in [0.1, 0.15) is 0 Å². The fraction of sp³-hybridized carbons (Fsp3) is 0.231. The Hall–Kier alpha value is -1.79. The second-order valence-corrected chi connectivity index (χ2v) is 5.98. The van der Waals surface area contributed by atoms with Gasteiger partial charge in [-0.25, -0.2) is 13.6 Å². The van der Waals surface area contributed by atoms with E-state index in [4.69, 9.17) is 9.56 Å². The fourth-order valence-corrected chi connectivity index (χ4v) is 2.66. The maximum atomic E-state index is 11.5. The number of primary sulfonamides is 1. The molecule has 6 heteroatoms. The molecule has 0 bridgehead atoms. The van der Waals surface area contributed by atoms with Gasteiger partial charge in [0.2, 0.25) is 10.0 Å². The second-order valence-electron chi connectivity index (χ2n) is 4.45. The normalized spacial score (nSPS) is 13.2. The standard InChI is InChI=1S/C13H16N2O3S/c1-9-3-4-12(7-13(9)19(14,16)17)15-10(2)11-5-6-18-8-11/h3-8,10,15H,1-2H3,(H2,14,16,17). The third-order valence-corrected chi connectivity index (χ3v) is 3.97. The summed E-state index contributed by atoms with van der Waals surface area (Å²) in [4.78, 5) is 0.136. The number of rotatable bonds is 4. The molecule has 0 aliphatic carbocycles. The number of sulfonamides is 1. The van der Waals surface area contributed by atoms with Crippen LogP contribution in [0.15, 0.2) is 46.1 Å². The molecule has 1 aromatic carbocycles. The molecular formula is C13H16N2O3S. The molecule has 0 radical (unpaired) electrons. The maximum absolute atomic E-state index is 11.5. The van der Waals surface area contributed by atoms with Crippen LogP contribution in [-0.4, -0.2) is 8.42 Å². The highest BCUT2D eigenvalue weighted by Gasteiger charge is 2.13. The van der Waals surface area contributed by atoms with E-state index in [0.717, 1.165) is 5.56 Å². The predicted octanol–water partition coefficient (Wildman–Crippen LogP) is 2.41. The Kier molecular flexibility index (Phi) is 3.64. The minimum atomic E-state index is -3.70. The molecule has 3 N–H and O–H groups in total. The Morgan fingerprint density at radius 1 is 1.32 bits per heavy atom. The van der Waals surface area contributed by atoms with Gasteiger partial charge < -0.3 is 9.73 Å². The van der Waals surface area contributed by atoms with Crippen molar-refractivity contribution in [2.45, 2.75) is 24.8 Å². The van der Waals surface area contributed by atoms with Crippen LogP contribution in [0.3, 0.4) is 0 Å². The lowest BCUT2D eigenvalue weighted by Gasteiger charge is -2.15. The fourth-order valence-electron chi connectivity index (χ4n) is 1.85. The van der Waals surface area contributed by atoms with Crippen molar-refractivity contribution < 1.29 is 12.8 Å². The summed E-state index contributed by atoms with van der Waals surface area (Å²) < 4.78 is 27.9. The van der Waals surface area contributed by atoms with Crippen LogP contribution in [-0.2, 0) is 10.0 Å². The van der Waals surface area contributed by atoms with Gasteiger partial charge in [-0.15, -0.1) is 0 Å². The van der Waals surface area contributed by atoms with Crippen LogP contribution in [0, 0.1) is 6.92 Å². The van der Waals surface area contributed by atoms with Gasteiger partial charge >= 0.3 is 0 Å². The molecule has 102 valence electrons. The van der Waals surface area contributed by atoms with Crippen molar-refractivity contribution in [3.63, 3.8) is 0 Å². The van der Waals surface area contributed by atoms with E-state index in [0.29, 0.717) is 11.3 Å². The highest BCUT2D eigenvalue weighted by atomic mass is 32.2. The SMILES string of the molecule is Cc1ccc(NC(C)c2ccoc2)cc1S(N)(=O)=O. The van der Waals surface area contributed by atoms with E-state index in [1.807, 2.05) is 19.1 Å². The zero-order valence-electron chi connectivity index (χ0n) is 10.8. The van der Waals surface area contributed by atoms with E-state index in [-0.39, 0.29) is 10.9 Å². The maximum Gasteiger partial charge on any atom is 0.238 e. The number of furan rings is 1. The summed E-state index contributed by atoms with van der Waals surface area (Å²) in [7, 11) is -3.70. The smallest absolute Gasteiger partial charge is 0.238 e. The highest BCUT2D eigenvalue weighted by Crippen LogP contribution is 2.23. The first kappa shape index (κ1) is 13.6. The van der Waals surface area contributed by atoms with Crippen molar-refractivity contribution in [3.05, 3.63) is 47.9 Å². The van der Waals surface area contributed by atoms with E-state index in [2.05, 4.69) is 5.32 Å². The third-order valence-electron chi connectivity index (χ3n) is 2.92. The Balaban J connectivity index is 2.27. The third kappa shape index (κ3) is 3.15. The van der Waals surface area contributed by atoms with Crippen LogP contribution in [0.1, 0.15) is 24.1 Å². The minimum absolute atomic E-state index is 0.00906. The molecule has 1 atom stereocenters. The Bertz CT molecular complexity index is 663. The molecule has 0 aliphatic heterocycles. The molecule has 0 aliphatic rings. The molecule has 0 amide bonds. The van der Waals surface area contributed by atoms with Gasteiger partial charge in [0.05, 0.1) is 23.5 Å². The van der Waals surface area contributed by atoms with Crippen molar-refractivity contribution in [1.82, 2.24) is 0 Å². The molecular weight excluding hydrogens is 264 g/mol. The summed E-state index contributed by atoms with van der Waals surface area (Å²) in [5.41, 5.74) is 2.31. The Morgan fingerprint density at radius 2 is 2.05 bits per heavy atom. The molecule has 0 fully saturated rings. The lowest BCUT2D eigenvalue weighted by Crippen LogP contribution is -2.14. The van der Waals surface area contributed by atoms with Crippen molar-refractivity contribution in [3.8, 4) is 0 Å². The Labute approximate surface area is 112 Å². The lowest BCUT2D eigenvalue weighted by atomic mass is 10.1. The van der Waals surface area contributed by atoms with E-state index >= 15 is 0 Å². The average Bonchev–Trinajstić information content (AvgIpc) is 2.83. The van der Waals surface area contributed by atoms with Gasteiger partial charge in [0.15, 0.2) is 0 Å². The lowest BCUT2D eigenvalue weighted by molar-refractivity contribution is 0.562. The van der Waals surface area contributed by atoms with Crippen LogP contribution < -0.4 is 10.5 Å². The van der Waals surface area contributed by atoms with E-state index < -0.39 is 10.0 Å². The van der Waals surface area contributed by atoms with Gasteiger partial charge in [-0.05, 0) is 37.6 Å². The molecule has 19 heavy (non-hydrogen) atoms. The first-order chi connectivity index (χ1) is 8.88. The van der Waals surface area contributed by atoms with Crippen molar-refractivity contribution >= 4 is 15.7 Å². The first-order valence-electron chi connectivity index (χ1n) is 5.80. The summed E-state index contributed by atoms with van der Waals surface area (Å²) in [5.74, 6) is 0. The molecule has 2 rings (SSSR count). The summed E-state index contributed by atoms with van der Waals surface area (Å²) in [6.07, 6.45) is 3.24. The minimum Gasteiger partial charge on any atom is -0.472 e. The van der Waals surface area contributed by atoms with Crippen LogP contribution in [0.25, 0.3) is 0 Å². The summed E-state index contributed by atoms with van der Waals surface area (Å²) >= 11 is 0. The zero-order valence-corrected chi connectivity index (χ0v) is 11.6. The monoisotopic (exact) mass is 280 g/mol. The van der Waals surface area contributed by atoms with Crippen molar-refractivity contribution in [1.29, 1.82) is 0 Å². The quantitative estimate of drug-likeness (QED) is 0.900. The van der Waals surface area contributed by atoms with Crippen molar-refractivity contribution in [2.75, 3.05) is 5.32 Å². The number of nitrogens with one attached hydrogen (secondary N) is 1. The average molecular weight is 280 g/mol. The van der Waals surface area contributed by atoms with Gasteiger partial charge in [0.25, 0.3) is 0 Å². The molecule has 1 heterocycles. The second kappa shape index (κ2) is 5.07. The molecule has 2 aromatic rings. The number of benzene rings is 1. The summed E-state index contributed by atoms with van der Waals surface area (Å²) in [6.45, 7) is 3.67. The molecule has 1 aromatic heterocycles. The van der Waals surface area contributed by atoms with Crippen molar-refractivity contribution in [2.24, 2.45) is 5.14 Å². The number of nitrogens with two attached hydrogens (primary N) is 1. The molecule has 1 unspecified atom stereocenters. The number of hydrogen-bond acceptors (Lipinski definition) is 4. The Morgan fingerprint density at radius 3 is 2.63 bits per heavy atom. The topological polar surface area (TPSA) is 85.3 Å². The summed E-state index contributed by atoms with van der Waals surface area (Å²) in [5, 5.41) is 8.39. The predicted molar refractivity (Wildman–Crippen MR) is 73.3 cm³/mol. The molecule has 0 saturated heterocycles. The van der Waals surface area contributed by atoms with E-state index in [9.17, 15) is 8.42 Å². The zero-order chi connectivity index (χ0) is 14.0. The summed E-state index contributed by atoms with van der Waals surface area (Å²) in [6, 6.07) is 6.95. The van der Waals surface area contributed by atoms with E-state index in [1.165, 1.54) is 0 Å². The van der Waals surface area contributed by atoms with Crippen LogP contribution in [0.4, 0.5) is 5.69 Å². The number of aryl methyl sites for hydroxylation is 1.